The van der Waals surface area contributed by atoms with E-state index < -0.39 is 18.1 Å². The van der Waals surface area contributed by atoms with Gasteiger partial charge >= 0.3 is 6.09 Å². The summed E-state index contributed by atoms with van der Waals surface area (Å²) >= 11 is 0. The van der Waals surface area contributed by atoms with Gasteiger partial charge < -0.3 is 35.2 Å². The fourth-order valence-corrected chi connectivity index (χ4v) is 4.54. The number of aldehydes is 1. The summed E-state index contributed by atoms with van der Waals surface area (Å²) in [4.78, 5) is 48.1. The number of hydrogen-bond donors (Lipinski definition) is 6. The summed E-state index contributed by atoms with van der Waals surface area (Å²) in [7, 11) is 3.75. The van der Waals surface area contributed by atoms with E-state index in [-0.39, 0.29) is 30.5 Å². The molecule has 0 saturated heterocycles. The quantitative estimate of drug-likeness (QED) is 0.0176. The van der Waals surface area contributed by atoms with Gasteiger partial charge in [-0.1, -0.05) is 147 Å². The van der Waals surface area contributed by atoms with E-state index in [2.05, 4.69) is 54.0 Å². The van der Waals surface area contributed by atoms with Crippen LogP contribution in [0.3, 0.4) is 0 Å². The standard InChI is InChI=1S/C22H31N3O6.C10H12O.C7H8.C6H6.C4H11N.CH2O/c1-3-7-18(26)8-5-4-6-15-30-22(29)25-21(28)20(31-24-14-13-23-2)16-17-9-11-19(27)12-10-17;1-9(8-11)7-10-5-3-2-4-6-10;1-7-5-3-2-4-6-7;1-2-4-6-5-3-1;1-3-4-5-2;1-2/h3,5,7-12,20,23-24,26-27H,1,4,6,13-16H2,2H3,(H,25,28,29);2-6,8-9H,7H2,1H3;2-6H,1H3;1-6H;5H,3-4H2,1-2H3;1H2/b8-5-,18-7+;;;;;. The van der Waals surface area contributed by atoms with Crippen molar-refractivity contribution in [3.63, 3.8) is 0 Å². The number of aliphatic hydroxyl groups excluding tert-OH is 1. The third-order valence-electron chi connectivity index (χ3n) is 7.64. The Hall–Kier alpha value is -6.18. The number of nitrogens with one attached hydrogen (secondary N) is 4. The van der Waals surface area contributed by atoms with Gasteiger partial charge in [0.15, 0.2) is 6.10 Å². The van der Waals surface area contributed by atoms with Crippen LogP contribution in [0.2, 0.25) is 0 Å². The van der Waals surface area contributed by atoms with E-state index in [0.29, 0.717) is 25.9 Å². The van der Waals surface area contributed by atoms with Crippen molar-refractivity contribution in [2.45, 2.75) is 59.0 Å². The smallest absolute Gasteiger partial charge is 0.413 e. The second-order valence-electron chi connectivity index (χ2n) is 13.2. The molecule has 0 saturated carbocycles. The average Bonchev–Trinajstić information content (AvgIpc) is 3.29. The molecule has 2 unspecified atom stereocenters. The van der Waals surface area contributed by atoms with Crippen LogP contribution in [0.25, 0.3) is 0 Å². The van der Waals surface area contributed by atoms with Crippen LogP contribution in [0, 0.1) is 12.8 Å². The zero-order valence-corrected chi connectivity index (χ0v) is 37.2. The van der Waals surface area contributed by atoms with Gasteiger partial charge in [-0.15, -0.1) is 0 Å². The fraction of sp³-hybridized carbons (Fsp3) is 0.320. The molecule has 0 aliphatic carbocycles. The lowest BCUT2D eigenvalue weighted by molar-refractivity contribution is -0.137. The molecule has 12 heteroatoms. The Kier molecular flexibility index (Phi) is 40.1. The molecular formula is C50H70N4O8. The summed E-state index contributed by atoms with van der Waals surface area (Å²) in [6.07, 6.45) is 8.73. The first-order chi connectivity index (χ1) is 30.1. The van der Waals surface area contributed by atoms with Gasteiger partial charge in [-0.2, -0.15) is 0 Å². The third kappa shape index (κ3) is 36.9. The molecule has 62 heavy (non-hydrogen) atoms. The predicted molar refractivity (Wildman–Crippen MR) is 252 cm³/mol. The molecule has 0 aliphatic rings. The summed E-state index contributed by atoms with van der Waals surface area (Å²) in [5.74, 6) is -0.308. The molecule has 4 aromatic rings. The van der Waals surface area contributed by atoms with E-state index in [9.17, 15) is 24.6 Å². The first-order valence-electron chi connectivity index (χ1n) is 20.5. The van der Waals surface area contributed by atoms with Gasteiger partial charge in [0.2, 0.25) is 0 Å². The molecule has 6 N–H and O–H groups in total. The topological polar surface area (TPSA) is 175 Å². The number of aryl methyl sites for hydroxylation is 1. The molecule has 4 aromatic carbocycles. The van der Waals surface area contributed by atoms with Crippen molar-refractivity contribution in [2.75, 3.05) is 40.3 Å². The first-order valence-corrected chi connectivity index (χ1v) is 20.5. The lowest BCUT2D eigenvalue weighted by Gasteiger charge is -2.17. The van der Waals surface area contributed by atoms with Crippen molar-refractivity contribution in [2.24, 2.45) is 5.92 Å². The van der Waals surface area contributed by atoms with Crippen LogP contribution in [-0.4, -0.2) is 81.7 Å². The molecule has 0 radical (unpaired) electrons. The highest BCUT2D eigenvalue weighted by atomic mass is 16.7. The lowest BCUT2D eigenvalue weighted by atomic mass is 10.0. The molecule has 2 amide bonds. The maximum atomic E-state index is 12.5. The summed E-state index contributed by atoms with van der Waals surface area (Å²) in [5, 5.41) is 26.9. The molecule has 0 fully saturated rings. The lowest BCUT2D eigenvalue weighted by Crippen LogP contribution is -2.44. The van der Waals surface area contributed by atoms with Gasteiger partial charge in [-0.25, -0.2) is 10.3 Å². The predicted octanol–water partition coefficient (Wildman–Crippen LogP) is 8.44. The van der Waals surface area contributed by atoms with E-state index in [1.165, 1.54) is 47.9 Å². The maximum absolute atomic E-state index is 12.5. The largest absolute Gasteiger partial charge is 0.508 e. The molecule has 0 bridgehead atoms. The number of likely N-dealkylation sites (N-methyl/N-ethyl adjacent to an activating group) is 1. The summed E-state index contributed by atoms with van der Waals surface area (Å²) in [6, 6.07) is 38.7. The highest BCUT2D eigenvalue weighted by molar-refractivity contribution is 5.94. The van der Waals surface area contributed by atoms with E-state index in [4.69, 9.17) is 14.4 Å². The van der Waals surface area contributed by atoms with Gasteiger partial charge in [0.25, 0.3) is 5.91 Å². The SMILES string of the molecule is C=C/C=C(O)\C=C/CCCOC(=O)NC(=O)C(Cc1ccc(O)cc1)ONCCNC.C=O.CC(C=O)Cc1ccccc1.CCCNC.Cc1ccccc1.c1ccccc1. The van der Waals surface area contributed by atoms with Crippen LogP contribution < -0.4 is 21.4 Å². The molecular weight excluding hydrogens is 785 g/mol. The highest BCUT2D eigenvalue weighted by Gasteiger charge is 2.23. The summed E-state index contributed by atoms with van der Waals surface area (Å²) in [5.41, 5.74) is 6.00. The number of benzene rings is 4. The van der Waals surface area contributed by atoms with Crippen molar-refractivity contribution >= 4 is 25.1 Å². The minimum Gasteiger partial charge on any atom is -0.508 e. The van der Waals surface area contributed by atoms with Crippen molar-refractivity contribution < 1.29 is 39.0 Å². The van der Waals surface area contributed by atoms with Crippen LogP contribution in [0.1, 0.15) is 49.8 Å². The molecule has 12 nitrogen and oxygen atoms in total. The second kappa shape index (κ2) is 42.9. The molecule has 0 aromatic heterocycles. The number of unbranched alkanes of at least 4 members (excludes halogenated alkanes) is 1. The molecule has 0 aliphatic heterocycles. The van der Waals surface area contributed by atoms with Crippen LogP contribution in [-0.2, 0) is 36.8 Å². The second-order valence-corrected chi connectivity index (χ2v) is 13.2. The Bertz CT molecular complexity index is 1680. The number of alkyl carbamates (subject to hydrolysis) is 1. The van der Waals surface area contributed by atoms with E-state index in [0.717, 1.165) is 24.8 Å². The number of hydroxylamine groups is 1. The van der Waals surface area contributed by atoms with Gasteiger partial charge in [0, 0.05) is 25.4 Å². The molecule has 0 heterocycles. The minimum atomic E-state index is -0.975. The number of imide groups is 1. The van der Waals surface area contributed by atoms with Gasteiger partial charge in [0.05, 0.1) is 6.61 Å². The molecule has 4 rings (SSSR count). The van der Waals surface area contributed by atoms with Crippen LogP contribution in [0.4, 0.5) is 4.79 Å². The van der Waals surface area contributed by atoms with Crippen molar-refractivity contribution in [3.8, 4) is 5.75 Å². The number of carbonyl (C=O) groups excluding carboxylic acids is 4. The number of phenols is 1. The van der Waals surface area contributed by atoms with Crippen molar-refractivity contribution in [3.05, 3.63) is 175 Å². The van der Waals surface area contributed by atoms with Crippen molar-refractivity contribution in [1.29, 1.82) is 0 Å². The number of carbonyl (C=O) groups is 4. The fourth-order valence-electron chi connectivity index (χ4n) is 4.54. The molecule has 2 atom stereocenters. The van der Waals surface area contributed by atoms with Crippen LogP contribution >= 0.6 is 0 Å². The number of phenolic OH excluding ortho intramolecular Hbond substituents is 1. The zero-order chi connectivity index (χ0) is 46.5. The minimum absolute atomic E-state index is 0.0854. The van der Waals surface area contributed by atoms with Crippen LogP contribution in [0.5, 0.6) is 5.75 Å². The van der Waals surface area contributed by atoms with E-state index in [1.807, 2.05) is 106 Å². The monoisotopic (exact) mass is 855 g/mol. The summed E-state index contributed by atoms with van der Waals surface area (Å²) in [6.45, 7) is 14.0. The van der Waals surface area contributed by atoms with Gasteiger partial charge in [-0.05, 0) is 88.7 Å². The maximum Gasteiger partial charge on any atom is 0.413 e. The van der Waals surface area contributed by atoms with Gasteiger partial charge in [-0.3, -0.25) is 14.9 Å². The Labute approximate surface area is 370 Å². The Morgan fingerprint density at radius 2 is 1.31 bits per heavy atom. The number of hydrogen-bond acceptors (Lipinski definition) is 11. The van der Waals surface area contributed by atoms with E-state index >= 15 is 0 Å². The third-order valence-corrected chi connectivity index (χ3v) is 7.64. The normalized spacial score (nSPS) is 11.0. The molecule has 0 spiro atoms. The Morgan fingerprint density at radius 3 is 1.77 bits per heavy atom. The Balaban J connectivity index is 0. The highest BCUT2D eigenvalue weighted by Crippen LogP contribution is 2.12. The van der Waals surface area contributed by atoms with Crippen LogP contribution in [0.15, 0.2) is 158 Å². The number of ether oxygens (including phenoxy) is 1. The number of amides is 2. The Morgan fingerprint density at radius 1 is 0.774 bits per heavy atom. The number of aliphatic hydroxyl groups is 1. The number of aromatic hydroxyl groups is 1. The summed E-state index contributed by atoms with van der Waals surface area (Å²) < 4.78 is 5.01. The van der Waals surface area contributed by atoms with E-state index in [1.54, 1.807) is 25.3 Å². The van der Waals surface area contributed by atoms with Crippen molar-refractivity contribution in [1.82, 2.24) is 21.4 Å². The zero-order valence-electron chi connectivity index (χ0n) is 37.2. The van der Waals surface area contributed by atoms with Gasteiger partial charge in [0.1, 0.15) is 24.6 Å². The first kappa shape index (κ1) is 57.9. The number of allylic oxidation sites excluding steroid dienone is 4. The average molecular weight is 855 g/mol. The molecule has 338 valence electrons. The number of rotatable bonds is 19.